The van der Waals surface area contributed by atoms with Gasteiger partial charge in [0.25, 0.3) is 5.91 Å². The molecule has 7 rings (SSSR count). The van der Waals surface area contributed by atoms with Crippen LogP contribution in [0.1, 0.15) is 52.9 Å². The van der Waals surface area contributed by atoms with Crippen LogP contribution in [0.15, 0.2) is 100 Å². The molecule has 3 aromatic carbocycles. The standard InChI is InChI=1S/C48H54N4O13S2/c1-27(7-5-10-28-8-3-4-9-29(28)11-6-19-50-2)35-23-52-45(60)48(61)46(65-41(44(58)59)42(56)47(48,25-53)62-26-67-66-24-36(35)31-18-20-51-22-31)63-33-16-17-34-37(21-33)64-40(43(49)57)38(39(34)55)30-12-14-32(54)15-13-30/h3-5,8-10,12-18,20-22,25,27,35-36,41-42,45-46,50-52,54,56,60-61H,6-7,11,19,23-24,26H2,1-2H3,(H2,49,57)(H,58,59)/b10-5+/t27-,35-,36+,41-,42+,45+,46+,47-,48-/m0/s1. The average molecular weight is 959 g/mol. The molecular formula is C48H54N4O13S2. The van der Waals surface area contributed by atoms with Crippen molar-refractivity contribution >= 4 is 56.8 Å². The number of aryl methyl sites for hydroxylation is 1. The van der Waals surface area contributed by atoms with Crippen molar-refractivity contribution in [2.24, 2.45) is 17.6 Å². The number of aromatic nitrogens is 1. The number of hydrogen-bond acceptors (Lipinski definition) is 16. The zero-order chi connectivity index (χ0) is 47.9. The highest BCUT2D eigenvalue weighted by Crippen LogP contribution is 2.46. The largest absolute Gasteiger partial charge is 0.508 e. The molecule has 19 heteroatoms. The number of phenols is 1. The molecule has 67 heavy (non-hydrogen) atoms. The second kappa shape index (κ2) is 21.6. The third-order valence-electron chi connectivity index (χ3n) is 12.6. The number of aliphatic carboxylic acids is 1. The van der Waals surface area contributed by atoms with Gasteiger partial charge in [0.2, 0.25) is 23.1 Å². The number of carboxylic acids is 1. The molecule has 2 aliphatic rings. The smallest absolute Gasteiger partial charge is 0.335 e. The van der Waals surface area contributed by atoms with Crippen LogP contribution >= 0.6 is 21.6 Å². The molecule has 10 N–H and O–H groups in total. The summed E-state index contributed by atoms with van der Waals surface area (Å²) in [6.07, 6.45) is 1.45. The number of aromatic amines is 1. The third-order valence-corrected chi connectivity index (χ3v) is 14.6. The summed E-state index contributed by atoms with van der Waals surface area (Å²) in [6.45, 7) is 3.01. The quantitative estimate of drug-likeness (QED) is 0.0400. The second-order valence-electron chi connectivity index (χ2n) is 16.6. The van der Waals surface area contributed by atoms with Crippen LogP contribution < -0.4 is 26.5 Å². The zero-order valence-electron chi connectivity index (χ0n) is 36.7. The number of hydrogen-bond donors (Lipinski definition) is 9. The van der Waals surface area contributed by atoms with Crippen molar-refractivity contribution in [2.45, 2.75) is 68.0 Å². The van der Waals surface area contributed by atoms with Gasteiger partial charge >= 0.3 is 5.97 Å². The first-order valence-electron chi connectivity index (χ1n) is 21.7. The number of aldehydes is 1. The minimum absolute atomic E-state index is 0.0284. The van der Waals surface area contributed by atoms with Crippen LogP contribution in [0.25, 0.3) is 28.2 Å². The van der Waals surface area contributed by atoms with Gasteiger partial charge in [-0.05, 0) is 103 Å². The number of fused-ring (bicyclic) bond motifs is 2. The summed E-state index contributed by atoms with van der Waals surface area (Å²) in [5, 5.41) is 63.1. The van der Waals surface area contributed by atoms with E-state index in [1.807, 2.05) is 37.6 Å². The normalized spacial score (nSPS) is 26.5. The molecule has 1 amide bonds. The summed E-state index contributed by atoms with van der Waals surface area (Å²) in [5.41, 5.74) is 2.19. The Morgan fingerprint density at radius 3 is 2.57 bits per heavy atom. The summed E-state index contributed by atoms with van der Waals surface area (Å²) < 4.78 is 23.8. The van der Waals surface area contributed by atoms with Crippen LogP contribution in [-0.2, 0) is 25.5 Å². The van der Waals surface area contributed by atoms with Crippen molar-refractivity contribution in [3.05, 3.63) is 124 Å². The average Bonchev–Trinajstić information content (AvgIpc) is 3.85. The number of benzene rings is 3. The molecule has 0 unspecified atom stereocenters. The lowest BCUT2D eigenvalue weighted by Crippen LogP contribution is -2.82. The lowest BCUT2D eigenvalue weighted by Gasteiger charge is -2.55. The number of amides is 1. The van der Waals surface area contributed by atoms with Gasteiger partial charge in [0, 0.05) is 30.8 Å². The van der Waals surface area contributed by atoms with E-state index >= 15 is 0 Å². The summed E-state index contributed by atoms with van der Waals surface area (Å²) in [4.78, 5) is 55.7. The van der Waals surface area contributed by atoms with Crippen molar-refractivity contribution < 1.29 is 58.5 Å². The Bertz CT molecular complexity index is 2610. The molecule has 17 nitrogen and oxygen atoms in total. The van der Waals surface area contributed by atoms with E-state index < -0.39 is 59.0 Å². The van der Waals surface area contributed by atoms with Crippen molar-refractivity contribution in [3.8, 4) is 22.6 Å². The van der Waals surface area contributed by atoms with Gasteiger partial charge in [-0.1, -0.05) is 77.1 Å². The predicted octanol–water partition coefficient (Wildman–Crippen LogP) is 4.38. The zero-order valence-corrected chi connectivity index (χ0v) is 38.3. The van der Waals surface area contributed by atoms with E-state index in [2.05, 4.69) is 46.8 Å². The lowest BCUT2D eigenvalue weighted by atomic mass is 9.72. The van der Waals surface area contributed by atoms with Gasteiger partial charge < -0.3 is 60.2 Å². The van der Waals surface area contributed by atoms with Gasteiger partial charge in [-0.25, -0.2) is 4.79 Å². The Morgan fingerprint density at radius 1 is 1.09 bits per heavy atom. The van der Waals surface area contributed by atoms with E-state index in [1.165, 1.54) is 52.8 Å². The number of rotatable bonds is 15. The molecule has 4 heterocycles. The SMILES string of the molecule is CNCCCc1ccccc1/C=C/C[C@H](C)[C@@H]1CN[C@H](O)[C@]2(O)[C@H](Oc3ccc4c(=O)c(-c5ccc(O)cc5)c(C(N)=O)oc4c3)O[C@H](C(=O)O)[C@@H](O)[C@]2(C=O)OCSSC[C@@H]1c1cc[nH]c1. The van der Waals surface area contributed by atoms with Crippen LogP contribution in [0.4, 0.5) is 0 Å². The number of nitrogens with two attached hydrogens (primary N) is 1. The summed E-state index contributed by atoms with van der Waals surface area (Å²) in [5.74, 6) is -3.91. The number of primary amides is 1. The monoisotopic (exact) mass is 958 g/mol. The highest BCUT2D eigenvalue weighted by molar-refractivity contribution is 8.76. The van der Waals surface area contributed by atoms with E-state index in [0.717, 1.165) is 47.4 Å². The predicted molar refractivity (Wildman–Crippen MR) is 253 cm³/mol. The second-order valence-corrected chi connectivity index (χ2v) is 19.1. The number of allylic oxidation sites excluding steroid dienone is 1. The van der Waals surface area contributed by atoms with Crippen LogP contribution in [-0.4, -0.2) is 116 Å². The number of H-pyrrole nitrogens is 1. The highest BCUT2D eigenvalue weighted by atomic mass is 33.1. The van der Waals surface area contributed by atoms with Crippen molar-refractivity contribution in [2.75, 3.05) is 31.8 Å². The van der Waals surface area contributed by atoms with Gasteiger partial charge in [-0.3, -0.25) is 19.7 Å². The van der Waals surface area contributed by atoms with Crippen molar-refractivity contribution in [1.29, 1.82) is 0 Å². The molecule has 0 bridgehead atoms. The van der Waals surface area contributed by atoms with Crippen molar-refractivity contribution in [3.63, 3.8) is 0 Å². The Labute approximate surface area is 393 Å². The molecule has 2 aromatic heterocycles. The Morgan fingerprint density at radius 2 is 1.87 bits per heavy atom. The number of carbonyl (C=O) groups excluding carboxylic acids is 2. The third kappa shape index (κ3) is 10.2. The van der Waals surface area contributed by atoms with Crippen LogP contribution in [0, 0.1) is 11.8 Å². The Hall–Kier alpha value is -5.48. The number of phenolic OH excluding ortho intramolecular Hbond substituents is 1. The van der Waals surface area contributed by atoms with Crippen LogP contribution in [0.5, 0.6) is 11.5 Å². The fraction of sp³-hybridized carbons (Fsp3) is 0.375. The first-order valence-corrected chi connectivity index (χ1v) is 24.2. The first kappa shape index (κ1) is 49.4. The number of ether oxygens (including phenoxy) is 3. The van der Waals surface area contributed by atoms with Gasteiger partial charge in [-0.2, -0.15) is 0 Å². The number of aromatic hydroxyl groups is 1. The maximum Gasteiger partial charge on any atom is 0.335 e. The maximum absolute atomic E-state index is 13.9. The number of nitrogens with one attached hydrogen (secondary N) is 3. The molecule has 0 aliphatic carbocycles. The Kier molecular flexibility index (Phi) is 16.0. The van der Waals surface area contributed by atoms with E-state index in [0.29, 0.717) is 12.2 Å². The molecule has 2 saturated heterocycles. The molecule has 0 saturated carbocycles. The summed E-state index contributed by atoms with van der Waals surface area (Å²) in [7, 11) is 4.51. The molecular weight excluding hydrogens is 905 g/mol. The van der Waals surface area contributed by atoms with Crippen LogP contribution in [0.3, 0.4) is 0 Å². The summed E-state index contributed by atoms with van der Waals surface area (Å²) in [6, 6.07) is 19.3. The number of carboxylic acid groups (broad SMARTS) is 1. The number of carbonyl (C=O) groups is 3. The molecule has 2 fully saturated rings. The van der Waals surface area contributed by atoms with Gasteiger partial charge in [0.1, 0.15) is 35.4 Å². The first-order chi connectivity index (χ1) is 32.2. The summed E-state index contributed by atoms with van der Waals surface area (Å²) >= 11 is 0. The number of aliphatic hydroxyl groups is 3. The molecule has 5 aromatic rings. The molecule has 0 spiro atoms. The molecule has 356 valence electrons. The minimum atomic E-state index is -3.09. The van der Waals surface area contributed by atoms with E-state index in [-0.39, 0.29) is 70.1 Å². The van der Waals surface area contributed by atoms with Gasteiger partial charge in [0.05, 0.1) is 10.9 Å². The topological polar surface area (TPSA) is 276 Å². The van der Waals surface area contributed by atoms with E-state index in [4.69, 9.17) is 24.4 Å². The minimum Gasteiger partial charge on any atom is -0.508 e. The highest BCUT2D eigenvalue weighted by Gasteiger charge is 2.72. The lowest BCUT2D eigenvalue weighted by molar-refractivity contribution is -0.364. The van der Waals surface area contributed by atoms with E-state index in [9.17, 15) is 44.7 Å². The van der Waals surface area contributed by atoms with E-state index in [1.54, 1.807) is 0 Å². The maximum atomic E-state index is 13.9. The van der Waals surface area contributed by atoms with Gasteiger partial charge in [0.15, 0.2) is 18.0 Å². The fourth-order valence-corrected chi connectivity index (χ4v) is 10.9. The molecule has 9 atom stereocenters. The van der Waals surface area contributed by atoms with Crippen LogP contribution in [0.2, 0.25) is 0 Å². The number of aliphatic hydroxyl groups excluding tert-OH is 2. The van der Waals surface area contributed by atoms with Crippen molar-refractivity contribution in [1.82, 2.24) is 15.6 Å². The van der Waals surface area contributed by atoms with Gasteiger partial charge in [-0.15, -0.1) is 0 Å². The Balaban J connectivity index is 1.25. The fourth-order valence-electron chi connectivity index (χ4n) is 8.86. The molecule has 2 aliphatic heterocycles. The molecule has 0 radical (unpaired) electrons.